The van der Waals surface area contributed by atoms with E-state index in [0.29, 0.717) is 0 Å². The van der Waals surface area contributed by atoms with E-state index in [1.165, 1.54) is 10.8 Å². The molecule has 0 amide bonds. The lowest BCUT2D eigenvalue weighted by Crippen LogP contribution is -2.05. The van der Waals surface area contributed by atoms with Crippen LogP contribution in [0, 0.1) is 0 Å². The summed E-state index contributed by atoms with van der Waals surface area (Å²) in [6, 6.07) is 61.2. The lowest BCUT2D eigenvalue weighted by Gasteiger charge is -2.12. The van der Waals surface area contributed by atoms with Crippen molar-refractivity contribution in [3.8, 4) is 28.2 Å². The highest BCUT2D eigenvalue weighted by Gasteiger charge is 2.15. The van der Waals surface area contributed by atoms with Crippen LogP contribution in [0.1, 0.15) is 36.6 Å². The molecule has 50 heavy (non-hydrogen) atoms. The van der Waals surface area contributed by atoms with E-state index in [1.54, 1.807) is 0 Å². The second kappa shape index (κ2) is 13.6. The van der Waals surface area contributed by atoms with Crippen LogP contribution in [0.5, 0.6) is 0 Å². The zero-order valence-corrected chi connectivity index (χ0v) is 28.1. The largest absolute Gasteiger partial charge is 0.292 e. The fourth-order valence-corrected chi connectivity index (χ4v) is 6.48. The summed E-state index contributed by atoms with van der Waals surface area (Å²) in [4.78, 5) is 15.2. The van der Waals surface area contributed by atoms with Crippen molar-refractivity contribution >= 4 is 33.4 Å². The Hall–Kier alpha value is -6.39. The molecule has 0 bridgehead atoms. The number of amidine groups is 1. The molecule has 0 saturated carbocycles. The second-order valence-electron chi connectivity index (χ2n) is 12.5. The van der Waals surface area contributed by atoms with Gasteiger partial charge in [0, 0.05) is 22.5 Å². The Kier molecular flexibility index (Phi) is 8.42. The van der Waals surface area contributed by atoms with Crippen molar-refractivity contribution in [2.45, 2.75) is 19.9 Å². The van der Waals surface area contributed by atoms with Gasteiger partial charge in [0.2, 0.25) is 0 Å². The van der Waals surface area contributed by atoms with Crippen LogP contribution in [0.25, 0.3) is 50.0 Å². The first-order valence-electron chi connectivity index (χ1n) is 17.0. The van der Waals surface area contributed by atoms with Crippen LogP contribution in [-0.2, 0) is 0 Å². The number of nitrogens with zero attached hydrogens (tertiary/aromatic N) is 4. The molecular weight excluding hydrogens is 609 g/mol. The van der Waals surface area contributed by atoms with Crippen LogP contribution in [0.15, 0.2) is 186 Å². The minimum Gasteiger partial charge on any atom is -0.292 e. The smallest absolute Gasteiger partial charge is 0.155 e. The third-order valence-corrected chi connectivity index (χ3v) is 9.23. The molecule has 1 aromatic heterocycles. The highest BCUT2D eigenvalue weighted by molar-refractivity contribution is 6.11. The normalized spacial score (nSPS) is 12.8. The fraction of sp³-hybridized carbons (Fsp3) is 0.0652. The quantitative estimate of drug-likeness (QED) is 0.126. The van der Waals surface area contributed by atoms with Crippen LogP contribution in [0.2, 0.25) is 0 Å². The van der Waals surface area contributed by atoms with E-state index >= 15 is 0 Å². The molecule has 1 atom stereocenters. The number of hydrogen-bond donors (Lipinski definition) is 0. The van der Waals surface area contributed by atoms with Crippen molar-refractivity contribution in [2.24, 2.45) is 9.98 Å². The summed E-state index contributed by atoms with van der Waals surface area (Å²) in [6.07, 6.45) is 0. The standard InChI is InChI=1S/C46H36N4/c1-32(34-13-5-3-6-14-34)47-45(39-16-7-4-8-17-39)48-33(2)35-21-23-37(24-22-35)38-25-27-40(28-26-38)46-49-43-19-11-12-20-44(43)50(46)42-30-29-36-15-9-10-18-41(36)31-42/h3-31,33H,1-2H3/b47-32+,48-45-. The maximum atomic E-state index is 5.12. The molecular formula is C46H36N4. The molecule has 0 aliphatic heterocycles. The highest BCUT2D eigenvalue weighted by atomic mass is 15.1. The van der Waals surface area contributed by atoms with E-state index in [4.69, 9.17) is 15.0 Å². The Morgan fingerprint density at radius 3 is 1.86 bits per heavy atom. The van der Waals surface area contributed by atoms with Gasteiger partial charge in [0.25, 0.3) is 0 Å². The molecule has 0 aliphatic carbocycles. The summed E-state index contributed by atoms with van der Waals surface area (Å²) >= 11 is 0. The monoisotopic (exact) mass is 644 g/mol. The third-order valence-electron chi connectivity index (χ3n) is 9.23. The van der Waals surface area contributed by atoms with Crippen molar-refractivity contribution < 1.29 is 0 Å². The molecule has 0 N–H and O–H groups in total. The number of para-hydroxylation sites is 2. The Labute approximate surface area is 292 Å². The number of aromatic nitrogens is 2. The molecule has 0 fully saturated rings. The Morgan fingerprint density at radius 2 is 1.14 bits per heavy atom. The summed E-state index contributed by atoms with van der Waals surface area (Å²) < 4.78 is 2.27. The zero-order chi connectivity index (χ0) is 33.9. The van der Waals surface area contributed by atoms with Gasteiger partial charge in [0.1, 0.15) is 5.82 Å². The van der Waals surface area contributed by atoms with Gasteiger partial charge in [-0.2, -0.15) is 0 Å². The molecule has 0 radical (unpaired) electrons. The Balaban J connectivity index is 1.08. The third kappa shape index (κ3) is 6.27. The minimum absolute atomic E-state index is 0.0722. The van der Waals surface area contributed by atoms with E-state index in [-0.39, 0.29) is 6.04 Å². The van der Waals surface area contributed by atoms with Crippen molar-refractivity contribution in [3.63, 3.8) is 0 Å². The average molecular weight is 645 g/mol. The molecule has 4 heteroatoms. The number of fused-ring (bicyclic) bond motifs is 2. The van der Waals surface area contributed by atoms with Gasteiger partial charge in [-0.3, -0.25) is 9.56 Å². The SMILES string of the molecule is C/C(=N\C(=N/C(C)c1ccc(-c2ccc(-c3nc4ccccc4n3-c3ccc4ccccc4c3)cc2)cc1)c1ccccc1)c1ccccc1. The number of imidazole rings is 1. The zero-order valence-electron chi connectivity index (χ0n) is 28.1. The van der Waals surface area contributed by atoms with Crippen molar-refractivity contribution in [2.75, 3.05) is 0 Å². The van der Waals surface area contributed by atoms with Gasteiger partial charge in [-0.25, -0.2) is 9.98 Å². The molecule has 0 saturated heterocycles. The summed E-state index contributed by atoms with van der Waals surface area (Å²) in [5.74, 6) is 1.66. The van der Waals surface area contributed by atoms with E-state index in [9.17, 15) is 0 Å². The Bertz CT molecular complexity index is 2470. The van der Waals surface area contributed by atoms with Crippen LogP contribution >= 0.6 is 0 Å². The maximum Gasteiger partial charge on any atom is 0.155 e. The molecule has 240 valence electrons. The van der Waals surface area contributed by atoms with Crippen LogP contribution in [0.3, 0.4) is 0 Å². The number of benzene rings is 7. The van der Waals surface area contributed by atoms with Gasteiger partial charge < -0.3 is 0 Å². The number of hydrogen-bond acceptors (Lipinski definition) is 2. The summed E-state index contributed by atoms with van der Waals surface area (Å²) in [7, 11) is 0. The molecule has 7 aromatic carbocycles. The topological polar surface area (TPSA) is 42.5 Å². The predicted octanol–water partition coefficient (Wildman–Crippen LogP) is 11.5. The number of aliphatic imine (C=N–C) groups is 2. The molecule has 4 nitrogen and oxygen atoms in total. The minimum atomic E-state index is -0.0722. The first-order chi connectivity index (χ1) is 24.6. The Morgan fingerprint density at radius 1 is 0.560 bits per heavy atom. The molecule has 8 aromatic rings. The van der Waals surface area contributed by atoms with E-state index < -0.39 is 0 Å². The van der Waals surface area contributed by atoms with Gasteiger partial charge in [0.05, 0.1) is 17.1 Å². The first-order valence-corrected chi connectivity index (χ1v) is 17.0. The molecule has 0 spiro atoms. The summed E-state index contributed by atoms with van der Waals surface area (Å²) in [6.45, 7) is 4.17. The first kappa shape index (κ1) is 30.9. The van der Waals surface area contributed by atoms with Gasteiger partial charge >= 0.3 is 0 Å². The van der Waals surface area contributed by atoms with Gasteiger partial charge in [0.15, 0.2) is 5.84 Å². The lowest BCUT2D eigenvalue weighted by atomic mass is 10.0. The maximum absolute atomic E-state index is 5.12. The van der Waals surface area contributed by atoms with Crippen LogP contribution in [0.4, 0.5) is 0 Å². The number of rotatable bonds is 7. The second-order valence-corrected chi connectivity index (χ2v) is 12.5. The van der Waals surface area contributed by atoms with Crippen molar-refractivity contribution in [1.82, 2.24) is 9.55 Å². The van der Waals surface area contributed by atoms with Crippen molar-refractivity contribution in [3.05, 3.63) is 193 Å². The molecule has 1 unspecified atom stereocenters. The fourth-order valence-electron chi connectivity index (χ4n) is 6.48. The lowest BCUT2D eigenvalue weighted by molar-refractivity contribution is 0.819. The summed E-state index contributed by atoms with van der Waals surface area (Å²) in [5, 5.41) is 2.43. The van der Waals surface area contributed by atoms with E-state index in [0.717, 1.165) is 67.5 Å². The van der Waals surface area contributed by atoms with E-state index in [1.807, 2.05) is 49.4 Å². The van der Waals surface area contributed by atoms with Gasteiger partial charge in [-0.05, 0) is 71.1 Å². The predicted molar refractivity (Wildman–Crippen MR) is 209 cm³/mol. The average Bonchev–Trinajstić information content (AvgIpc) is 3.58. The van der Waals surface area contributed by atoms with Crippen LogP contribution < -0.4 is 0 Å². The van der Waals surface area contributed by atoms with Gasteiger partial charge in [-0.15, -0.1) is 0 Å². The molecule has 0 aliphatic rings. The summed E-state index contributed by atoms with van der Waals surface area (Å²) in [5.41, 5.74) is 10.7. The molecule has 1 heterocycles. The van der Waals surface area contributed by atoms with Gasteiger partial charge in [-0.1, -0.05) is 152 Å². The highest BCUT2D eigenvalue weighted by Crippen LogP contribution is 2.32. The van der Waals surface area contributed by atoms with Crippen molar-refractivity contribution in [1.29, 1.82) is 0 Å². The van der Waals surface area contributed by atoms with E-state index in [2.05, 4.69) is 145 Å². The molecule has 8 rings (SSSR count). The van der Waals surface area contributed by atoms with Crippen LogP contribution in [-0.4, -0.2) is 21.1 Å².